The zero-order valence-electron chi connectivity index (χ0n) is 19.1. The fraction of sp³-hybridized carbons (Fsp3) is 0.478. The topological polar surface area (TPSA) is 102 Å². The van der Waals surface area contributed by atoms with Crippen LogP contribution in [0.25, 0.3) is 6.08 Å². The van der Waals surface area contributed by atoms with Crippen molar-refractivity contribution < 1.29 is 33.4 Å². The molecule has 0 unspecified atom stereocenters. The lowest BCUT2D eigenvalue weighted by atomic mass is 10.1. The summed E-state index contributed by atoms with van der Waals surface area (Å²) >= 11 is 4.23. The first kappa shape index (κ1) is 26.1. The zero-order chi connectivity index (χ0) is 24.7. The summed E-state index contributed by atoms with van der Waals surface area (Å²) in [4.78, 5) is 52.4. The maximum absolute atomic E-state index is 12.9. The minimum Gasteiger partial charge on any atom is -0.490 e. The van der Waals surface area contributed by atoms with Crippen LogP contribution in [-0.2, 0) is 19.1 Å². The molecule has 2 aliphatic heterocycles. The number of rotatable bonds is 9. The standard InChI is InChI=1S/C23H27BrN2O7S/c1-3-31-17-10-15(16(24)12-18(17)33-14-21(28)32-4-2)11-19-22(29)26(23(30)34-19)13-20(27)25-8-6-5-7-9-25/h10-12H,3-9,13-14H2,1-2H3/b19-11-. The highest BCUT2D eigenvalue weighted by Crippen LogP contribution is 2.38. The molecular formula is C23H27BrN2O7S. The summed E-state index contributed by atoms with van der Waals surface area (Å²) in [6.07, 6.45) is 4.52. The van der Waals surface area contributed by atoms with Gasteiger partial charge in [-0.05, 0) is 68.6 Å². The Morgan fingerprint density at radius 3 is 2.44 bits per heavy atom. The molecule has 184 valence electrons. The second kappa shape index (κ2) is 12.3. The van der Waals surface area contributed by atoms with Gasteiger partial charge in [0, 0.05) is 17.6 Å². The van der Waals surface area contributed by atoms with Crippen molar-refractivity contribution in [2.24, 2.45) is 0 Å². The lowest BCUT2D eigenvalue weighted by Crippen LogP contribution is -2.44. The van der Waals surface area contributed by atoms with Crippen molar-refractivity contribution in [3.63, 3.8) is 0 Å². The van der Waals surface area contributed by atoms with Crippen LogP contribution in [0.5, 0.6) is 11.5 Å². The predicted molar refractivity (Wildman–Crippen MR) is 131 cm³/mol. The largest absolute Gasteiger partial charge is 0.490 e. The number of piperidine rings is 1. The number of hydrogen-bond acceptors (Lipinski definition) is 8. The average molecular weight is 555 g/mol. The SMILES string of the molecule is CCOC(=O)COc1cc(Br)c(/C=C2\SC(=O)N(CC(=O)N3CCCCC3)C2=O)cc1OCC. The van der Waals surface area contributed by atoms with Gasteiger partial charge in [0.2, 0.25) is 5.91 Å². The molecular weight excluding hydrogens is 528 g/mol. The molecule has 0 aliphatic carbocycles. The van der Waals surface area contributed by atoms with Gasteiger partial charge in [0.25, 0.3) is 11.1 Å². The minimum absolute atomic E-state index is 0.208. The summed E-state index contributed by atoms with van der Waals surface area (Å²) in [6.45, 7) is 4.90. The van der Waals surface area contributed by atoms with Crippen molar-refractivity contribution in [1.29, 1.82) is 0 Å². The molecule has 34 heavy (non-hydrogen) atoms. The normalized spacial score (nSPS) is 17.3. The molecule has 0 radical (unpaired) electrons. The van der Waals surface area contributed by atoms with E-state index in [0.29, 0.717) is 41.2 Å². The lowest BCUT2D eigenvalue weighted by Gasteiger charge is -2.27. The van der Waals surface area contributed by atoms with E-state index in [2.05, 4.69) is 15.9 Å². The van der Waals surface area contributed by atoms with Crippen molar-refractivity contribution in [2.75, 3.05) is 39.5 Å². The Balaban J connectivity index is 1.76. The van der Waals surface area contributed by atoms with E-state index in [1.54, 1.807) is 30.0 Å². The number of carbonyl (C=O) groups is 4. The van der Waals surface area contributed by atoms with Crippen molar-refractivity contribution in [2.45, 2.75) is 33.1 Å². The van der Waals surface area contributed by atoms with E-state index in [9.17, 15) is 19.2 Å². The van der Waals surface area contributed by atoms with Crippen LogP contribution in [-0.4, -0.2) is 72.3 Å². The van der Waals surface area contributed by atoms with Gasteiger partial charge in [-0.2, -0.15) is 0 Å². The zero-order valence-corrected chi connectivity index (χ0v) is 21.5. The van der Waals surface area contributed by atoms with Crippen LogP contribution in [0.4, 0.5) is 4.79 Å². The van der Waals surface area contributed by atoms with Gasteiger partial charge in [0.1, 0.15) is 6.54 Å². The fourth-order valence-corrected chi connectivity index (χ4v) is 4.80. The summed E-state index contributed by atoms with van der Waals surface area (Å²) in [6, 6.07) is 3.28. The number of esters is 1. The van der Waals surface area contributed by atoms with E-state index in [1.807, 2.05) is 6.92 Å². The number of carbonyl (C=O) groups excluding carboxylic acids is 4. The van der Waals surface area contributed by atoms with Gasteiger partial charge in [-0.25, -0.2) is 4.79 Å². The van der Waals surface area contributed by atoms with E-state index in [4.69, 9.17) is 14.2 Å². The Morgan fingerprint density at radius 1 is 1.06 bits per heavy atom. The molecule has 0 atom stereocenters. The fourth-order valence-electron chi connectivity index (χ4n) is 3.54. The monoisotopic (exact) mass is 554 g/mol. The van der Waals surface area contributed by atoms with Gasteiger partial charge in [0.05, 0.1) is 18.1 Å². The van der Waals surface area contributed by atoms with Crippen LogP contribution in [0, 0.1) is 0 Å². The van der Waals surface area contributed by atoms with Crippen molar-refractivity contribution in [3.05, 3.63) is 27.1 Å². The van der Waals surface area contributed by atoms with Crippen molar-refractivity contribution >= 4 is 56.8 Å². The highest BCUT2D eigenvalue weighted by Gasteiger charge is 2.37. The second-order valence-electron chi connectivity index (χ2n) is 7.56. The van der Waals surface area contributed by atoms with E-state index in [1.165, 1.54) is 0 Å². The van der Waals surface area contributed by atoms with Crippen LogP contribution in [0.3, 0.4) is 0 Å². The maximum atomic E-state index is 12.9. The van der Waals surface area contributed by atoms with Crippen molar-refractivity contribution in [1.82, 2.24) is 9.80 Å². The first-order chi connectivity index (χ1) is 16.3. The predicted octanol–water partition coefficient (Wildman–Crippen LogP) is 3.84. The third-order valence-electron chi connectivity index (χ3n) is 5.18. The lowest BCUT2D eigenvalue weighted by molar-refractivity contribution is -0.145. The Labute approximate surface area is 210 Å². The smallest absolute Gasteiger partial charge is 0.344 e. The third kappa shape index (κ3) is 6.53. The van der Waals surface area contributed by atoms with Gasteiger partial charge < -0.3 is 19.1 Å². The summed E-state index contributed by atoms with van der Waals surface area (Å²) in [7, 11) is 0. The molecule has 1 aromatic carbocycles. The molecule has 9 nitrogen and oxygen atoms in total. The molecule has 11 heteroatoms. The minimum atomic E-state index is -0.507. The van der Waals surface area contributed by atoms with Crippen LogP contribution >= 0.6 is 27.7 Å². The molecule has 2 fully saturated rings. The van der Waals surface area contributed by atoms with E-state index in [0.717, 1.165) is 35.9 Å². The van der Waals surface area contributed by atoms with E-state index in [-0.39, 0.29) is 30.6 Å². The molecule has 3 amide bonds. The molecule has 0 spiro atoms. The van der Waals surface area contributed by atoms with E-state index < -0.39 is 17.1 Å². The summed E-state index contributed by atoms with van der Waals surface area (Å²) < 4.78 is 16.6. The summed E-state index contributed by atoms with van der Waals surface area (Å²) in [5.74, 6) is -0.517. The van der Waals surface area contributed by atoms with Gasteiger partial charge in [0.15, 0.2) is 18.1 Å². The van der Waals surface area contributed by atoms with Gasteiger partial charge in [-0.15, -0.1) is 0 Å². The molecule has 1 aromatic rings. The second-order valence-corrected chi connectivity index (χ2v) is 9.40. The third-order valence-corrected chi connectivity index (χ3v) is 6.77. The van der Waals surface area contributed by atoms with Crippen LogP contribution < -0.4 is 9.47 Å². The maximum Gasteiger partial charge on any atom is 0.344 e. The van der Waals surface area contributed by atoms with Crippen molar-refractivity contribution in [3.8, 4) is 11.5 Å². The Bertz CT molecular complexity index is 992. The number of benzene rings is 1. The molecule has 3 rings (SSSR count). The van der Waals surface area contributed by atoms with Gasteiger partial charge in [-0.1, -0.05) is 15.9 Å². The molecule has 0 N–H and O–H groups in total. The number of thioether (sulfide) groups is 1. The number of halogens is 1. The average Bonchev–Trinajstić information content (AvgIpc) is 3.08. The molecule has 0 aromatic heterocycles. The Hall–Kier alpha value is -2.53. The number of likely N-dealkylation sites (tertiary alicyclic amines) is 1. The number of hydrogen-bond donors (Lipinski definition) is 0. The van der Waals surface area contributed by atoms with Gasteiger partial charge >= 0.3 is 5.97 Å². The molecule has 0 bridgehead atoms. The van der Waals surface area contributed by atoms with Gasteiger partial charge in [-0.3, -0.25) is 19.3 Å². The number of ether oxygens (including phenoxy) is 3. The van der Waals surface area contributed by atoms with E-state index >= 15 is 0 Å². The number of amides is 3. The van der Waals surface area contributed by atoms with Crippen LogP contribution in [0.15, 0.2) is 21.5 Å². The highest BCUT2D eigenvalue weighted by molar-refractivity contribution is 9.10. The molecule has 2 saturated heterocycles. The first-order valence-electron chi connectivity index (χ1n) is 11.1. The Kier molecular flexibility index (Phi) is 9.40. The summed E-state index contributed by atoms with van der Waals surface area (Å²) in [5.41, 5.74) is 0.583. The number of nitrogens with zero attached hydrogens (tertiary/aromatic N) is 2. The molecule has 2 heterocycles. The van der Waals surface area contributed by atoms with Crippen LogP contribution in [0.2, 0.25) is 0 Å². The quantitative estimate of drug-likeness (QED) is 0.335. The summed E-state index contributed by atoms with van der Waals surface area (Å²) in [5, 5.41) is -0.475. The molecule has 0 saturated carbocycles. The highest BCUT2D eigenvalue weighted by atomic mass is 79.9. The first-order valence-corrected chi connectivity index (χ1v) is 12.7. The Morgan fingerprint density at radius 2 is 1.76 bits per heavy atom. The molecule has 2 aliphatic rings. The number of imide groups is 1. The van der Waals surface area contributed by atoms with Crippen LogP contribution in [0.1, 0.15) is 38.7 Å².